The van der Waals surface area contributed by atoms with E-state index in [0.717, 1.165) is 21.9 Å². The molecular formula is C25H26NO4P. The average molecular weight is 435 g/mol. The number of carbonyl (C=O) groups excluding carboxylic acids is 2. The van der Waals surface area contributed by atoms with Crippen molar-refractivity contribution in [2.24, 2.45) is 0 Å². The fourth-order valence-corrected chi connectivity index (χ4v) is 6.12. The van der Waals surface area contributed by atoms with Crippen molar-refractivity contribution in [3.63, 3.8) is 0 Å². The summed E-state index contributed by atoms with van der Waals surface area (Å²) in [6.07, 6.45) is 0. The van der Waals surface area contributed by atoms with Crippen molar-refractivity contribution in [1.29, 1.82) is 0 Å². The Morgan fingerprint density at radius 3 is 1.68 bits per heavy atom. The normalized spacial score (nSPS) is 12.6. The Hall–Kier alpha value is -3.17. The molecule has 0 aliphatic heterocycles. The molecule has 3 aromatic rings. The lowest BCUT2D eigenvalue weighted by Crippen LogP contribution is -2.48. The minimum absolute atomic E-state index is 0.464. The first-order chi connectivity index (χ1) is 15.0. The molecule has 5 nitrogen and oxygen atoms in total. The van der Waals surface area contributed by atoms with Gasteiger partial charge in [-0.1, -0.05) is 78.4 Å². The van der Waals surface area contributed by atoms with Crippen molar-refractivity contribution in [2.75, 3.05) is 19.5 Å². The number of hydrogen-bond donors (Lipinski definition) is 1. The summed E-state index contributed by atoms with van der Waals surface area (Å²) in [4.78, 5) is 26.1. The van der Waals surface area contributed by atoms with Gasteiger partial charge in [0.1, 0.15) is 11.7 Å². The Morgan fingerprint density at radius 1 is 0.742 bits per heavy atom. The number of rotatable bonds is 8. The van der Waals surface area contributed by atoms with E-state index in [-0.39, 0.29) is 0 Å². The van der Waals surface area contributed by atoms with Crippen LogP contribution in [0, 0.1) is 6.92 Å². The van der Waals surface area contributed by atoms with Gasteiger partial charge in [0.25, 0.3) is 0 Å². The number of nitrogens with one attached hydrogen (secondary N) is 1. The SMILES string of the molecule is COC(=O)[C@@H](Nc1ccc(C)cc1)[C@H](C(=O)OC)P(c1ccccc1)c1ccccc1. The molecule has 0 aliphatic rings. The van der Waals surface area contributed by atoms with Crippen LogP contribution in [0.1, 0.15) is 5.56 Å². The topological polar surface area (TPSA) is 64.6 Å². The van der Waals surface area contributed by atoms with Gasteiger partial charge in [-0.15, -0.1) is 0 Å². The molecule has 3 rings (SSSR count). The van der Waals surface area contributed by atoms with Gasteiger partial charge in [-0.25, -0.2) is 4.79 Å². The molecule has 0 radical (unpaired) electrons. The zero-order valence-corrected chi connectivity index (χ0v) is 18.7. The molecule has 0 aliphatic carbocycles. The molecule has 31 heavy (non-hydrogen) atoms. The van der Waals surface area contributed by atoms with Gasteiger partial charge < -0.3 is 14.8 Å². The van der Waals surface area contributed by atoms with Crippen LogP contribution >= 0.6 is 7.92 Å². The summed E-state index contributed by atoms with van der Waals surface area (Å²) in [5.41, 5.74) is 1.03. The van der Waals surface area contributed by atoms with E-state index in [4.69, 9.17) is 9.47 Å². The van der Waals surface area contributed by atoms with Crippen LogP contribution in [-0.2, 0) is 19.1 Å². The highest BCUT2D eigenvalue weighted by Crippen LogP contribution is 2.42. The van der Waals surface area contributed by atoms with Crippen molar-refractivity contribution in [2.45, 2.75) is 18.6 Å². The molecule has 0 heterocycles. The number of benzene rings is 3. The second kappa shape index (κ2) is 10.7. The van der Waals surface area contributed by atoms with Crippen LogP contribution in [-0.4, -0.2) is 37.9 Å². The second-order valence-corrected chi connectivity index (χ2v) is 9.35. The maximum atomic E-state index is 13.2. The third-order valence-electron chi connectivity index (χ3n) is 4.93. The molecule has 1 N–H and O–H groups in total. The lowest BCUT2D eigenvalue weighted by Gasteiger charge is -2.32. The van der Waals surface area contributed by atoms with Gasteiger partial charge in [0.2, 0.25) is 0 Å². The van der Waals surface area contributed by atoms with Gasteiger partial charge in [0.15, 0.2) is 0 Å². The fourth-order valence-electron chi connectivity index (χ4n) is 3.38. The lowest BCUT2D eigenvalue weighted by molar-refractivity contribution is -0.147. The molecular weight excluding hydrogens is 409 g/mol. The zero-order valence-electron chi connectivity index (χ0n) is 17.8. The molecule has 160 valence electrons. The Bertz CT molecular complexity index is 954. The monoisotopic (exact) mass is 435 g/mol. The molecule has 0 bridgehead atoms. The maximum absolute atomic E-state index is 13.2. The fraction of sp³-hybridized carbons (Fsp3) is 0.200. The molecule has 0 unspecified atom stereocenters. The van der Waals surface area contributed by atoms with E-state index in [1.807, 2.05) is 91.9 Å². The van der Waals surface area contributed by atoms with Crippen molar-refractivity contribution in [1.82, 2.24) is 0 Å². The van der Waals surface area contributed by atoms with E-state index >= 15 is 0 Å². The van der Waals surface area contributed by atoms with E-state index in [1.165, 1.54) is 14.2 Å². The largest absolute Gasteiger partial charge is 0.468 e. The standard InChI is InChI=1S/C25H26NO4P/c1-18-14-16-19(17-15-18)26-22(24(27)29-2)23(25(28)30-3)31(20-10-6-4-7-11-20)21-12-8-5-9-13-21/h4-17,22-23,26H,1-3H3/t22-,23+/m0/s1. The van der Waals surface area contributed by atoms with Crippen LogP contribution in [0.25, 0.3) is 0 Å². The van der Waals surface area contributed by atoms with Crippen LogP contribution < -0.4 is 15.9 Å². The number of anilines is 1. The molecule has 0 saturated carbocycles. The predicted octanol–water partition coefficient (Wildman–Crippen LogP) is 3.62. The van der Waals surface area contributed by atoms with Crippen molar-refractivity contribution in [3.05, 3.63) is 90.5 Å². The molecule has 0 spiro atoms. The minimum Gasteiger partial charge on any atom is -0.468 e. The van der Waals surface area contributed by atoms with Crippen molar-refractivity contribution < 1.29 is 19.1 Å². The highest BCUT2D eigenvalue weighted by molar-refractivity contribution is 7.74. The van der Waals surface area contributed by atoms with E-state index in [2.05, 4.69) is 5.32 Å². The van der Waals surface area contributed by atoms with Crippen LogP contribution in [0.2, 0.25) is 0 Å². The van der Waals surface area contributed by atoms with Crippen molar-refractivity contribution in [3.8, 4) is 0 Å². The molecule has 3 aromatic carbocycles. The summed E-state index contributed by atoms with van der Waals surface area (Å²) in [5.74, 6) is -0.982. The summed E-state index contributed by atoms with van der Waals surface area (Å²) in [6.45, 7) is 1.99. The zero-order chi connectivity index (χ0) is 22.2. The highest BCUT2D eigenvalue weighted by atomic mass is 31.1. The van der Waals surface area contributed by atoms with Gasteiger partial charge in [0, 0.05) is 5.69 Å². The maximum Gasteiger partial charge on any atom is 0.329 e. The number of carbonyl (C=O) groups is 2. The molecule has 0 aromatic heterocycles. The summed E-state index contributed by atoms with van der Waals surface area (Å²) in [7, 11) is 1.40. The van der Waals surface area contributed by atoms with Crippen LogP contribution in [0.15, 0.2) is 84.9 Å². The average Bonchev–Trinajstić information content (AvgIpc) is 2.82. The summed E-state index contributed by atoms with van der Waals surface area (Å²) in [5, 5.41) is 5.18. The molecule has 2 atom stereocenters. The lowest BCUT2D eigenvalue weighted by atomic mass is 10.1. The summed E-state index contributed by atoms with van der Waals surface area (Å²) in [6, 6.07) is 26.2. The first kappa shape index (κ1) is 22.5. The number of aryl methyl sites for hydroxylation is 1. The second-order valence-electron chi connectivity index (χ2n) is 7.02. The van der Waals surface area contributed by atoms with Gasteiger partial charge in [0.05, 0.1) is 14.2 Å². The smallest absolute Gasteiger partial charge is 0.329 e. The van der Waals surface area contributed by atoms with Gasteiger partial charge in [-0.3, -0.25) is 4.79 Å². The number of esters is 2. The van der Waals surface area contributed by atoms with Gasteiger partial charge in [-0.2, -0.15) is 0 Å². The van der Waals surface area contributed by atoms with Crippen molar-refractivity contribution >= 4 is 36.2 Å². The molecule has 0 saturated heterocycles. The number of methoxy groups -OCH3 is 2. The van der Waals surface area contributed by atoms with Gasteiger partial charge >= 0.3 is 11.9 Å². The first-order valence-corrected chi connectivity index (χ1v) is 11.3. The Kier molecular flexibility index (Phi) is 7.80. The quantitative estimate of drug-likeness (QED) is 0.433. The first-order valence-electron chi connectivity index (χ1n) is 9.93. The Morgan fingerprint density at radius 2 is 1.23 bits per heavy atom. The molecule has 0 fully saturated rings. The third-order valence-corrected chi connectivity index (χ3v) is 7.71. The Balaban J connectivity index is 2.13. The van der Waals surface area contributed by atoms with E-state index in [9.17, 15) is 9.59 Å². The number of ether oxygens (including phenoxy) is 2. The third kappa shape index (κ3) is 5.50. The van der Waals surface area contributed by atoms with E-state index in [1.54, 1.807) is 0 Å². The minimum atomic E-state index is -1.28. The van der Waals surface area contributed by atoms with Crippen LogP contribution in [0.3, 0.4) is 0 Å². The molecule has 0 amide bonds. The summed E-state index contributed by atoms with van der Waals surface area (Å²) >= 11 is 0. The highest BCUT2D eigenvalue weighted by Gasteiger charge is 2.42. The van der Waals surface area contributed by atoms with E-state index in [0.29, 0.717) is 0 Å². The summed E-state index contributed by atoms with van der Waals surface area (Å²) < 4.78 is 10.3. The Labute approximate surface area is 184 Å². The van der Waals surface area contributed by atoms with Gasteiger partial charge in [-0.05, 0) is 37.6 Å². The van der Waals surface area contributed by atoms with Crippen LogP contribution in [0.4, 0.5) is 5.69 Å². The van der Waals surface area contributed by atoms with E-state index < -0.39 is 31.6 Å². The predicted molar refractivity (Wildman–Crippen MR) is 125 cm³/mol. The number of hydrogen-bond acceptors (Lipinski definition) is 5. The molecule has 6 heteroatoms. The van der Waals surface area contributed by atoms with Crippen LogP contribution in [0.5, 0.6) is 0 Å².